The van der Waals surface area contributed by atoms with E-state index in [-0.39, 0.29) is 0 Å². The van der Waals surface area contributed by atoms with Gasteiger partial charge in [0.1, 0.15) is 0 Å². The highest BCUT2D eigenvalue weighted by atomic mass is 32.2. The second-order valence-corrected chi connectivity index (χ2v) is 5.81. The van der Waals surface area contributed by atoms with Crippen molar-refractivity contribution in [1.82, 2.24) is 0 Å². The van der Waals surface area contributed by atoms with Crippen LogP contribution in [0.2, 0.25) is 0 Å². The first-order chi connectivity index (χ1) is 5.52. The molecule has 0 saturated carbocycles. The molecule has 0 aromatic rings. The lowest BCUT2D eigenvalue weighted by Gasteiger charge is -2.12. The molecule has 0 amide bonds. The van der Waals surface area contributed by atoms with Crippen molar-refractivity contribution in [3.8, 4) is 0 Å². The third-order valence-corrected chi connectivity index (χ3v) is 3.93. The number of allylic oxidation sites excluding steroid dienone is 2. The van der Waals surface area contributed by atoms with Gasteiger partial charge in [-0.2, -0.15) is 0 Å². The van der Waals surface area contributed by atoms with Crippen LogP contribution in [-0.2, 0) is 0 Å². The Morgan fingerprint density at radius 2 is 1.75 bits per heavy atom. The molecule has 0 aromatic heterocycles. The van der Waals surface area contributed by atoms with Crippen LogP contribution < -0.4 is 0 Å². The predicted octanol–water partition coefficient (Wildman–Crippen LogP) is 4.08. The van der Waals surface area contributed by atoms with Crippen LogP contribution >= 0.6 is 11.8 Å². The molecule has 1 heterocycles. The van der Waals surface area contributed by atoms with Gasteiger partial charge in [-0.25, -0.2) is 0 Å². The third-order valence-electron chi connectivity index (χ3n) is 2.37. The second kappa shape index (κ2) is 3.87. The van der Waals surface area contributed by atoms with Gasteiger partial charge in [-0.15, -0.1) is 11.8 Å². The summed E-state index contributed by atoms with van der Waals surface area (Å²) in [6, 6.07) is 0. The molecule has 1 atom stereocenters. The van der Waals surface area contributed by atoms with Crippen LogP contribution in [0.5, 0.6) is 0 Å². The van der Waals surface area contributed by atoms with E-state index < -0.39 is 0 Å². The average molecular weight is 184 g/mol. The molecular weight excluding hydrogens is 164 g/mol. The number of hydrogen-bond donors (Lipinski definition) is 0. The van der Waals surface area contributed by atoms with Gasteiger partial charge >= 0.3 is 0 Å². The molecule has 1 rings (SSSR count). The zero-order chi connectivity index (χ0) is 9.30. The maximum Gasteiger partial charge on any atom is 0.0101 e. The topological polar surface area (TPSA) is 0 Å². The minimum atomic E-state index is 0.734. The second-order valence-electron chi connectivity index (χ2n) is 4.33. The predicted molar refractivity (Wildman–Crippen MR) is 58.4 cm³/mol. The van der Waals surface area contributed by atoms with Crippen LogP contribution in [0.15, 0.2) is 10.5 Å². The van der Waals surface area contributed by atoms with Gasteiger partial charge in [-0.3, -0.25) is 0 Å². The van der Waals surface area contributed by atoms with Crippen molar-refractivity contribution in [3.63, 3.8) is 0 Å². The highest BCUT2D eigenvalue weighted by Gasteiger charge is 2.24. The van der Waals surface area contributed by atoms with E-state index in [4.69, 9.17) is 0 Å². The SMILES string of the molecule is CC(C)C1=C(C(C)C)S[C@@H](C)C1. The van der Waals surface area contributed by atoms with E-state index in [1.165, 1.54) is 6.42 Å². The smallest absolute Gasteiger partial charge is 0.0101 e. The van der Waals surface area contributed by atoms with Crippen molar-refractivity contribution in [2.75, 3.05) is 0 Å². The molecule has 1 aliphatic heterocycles. The Balaban J connectivity index is 2.81. The van der Waals surface area contributed by atoms with Crippen molar-refractivity contribution in [2.24, 2.45) is 11.8 Å². The maximum absolute atomic E-state index is 2.34. The van der Waals surface area contributed by atoms with Crippen molar-refractivity contribution in [1.29, 1.82) is 0 Å². The van der Waals surface area contributed by atoms with Crippen LogP contribution in [0.25, 0.3) is 0 Å². The van der Waals surface area contributed by atoms with Crippen molar-refractivity contribution < 1.29 is 0 Å². The van der Waals surface area contributed by atoms with E-state index >= 15 is 0 Å². The Morgan fingerprint density at radius 1 is 1.17 bits per heavy atom. The molecule has 0 aliphatic carbocycles. The zero-order valence-corrected chi connectivity index (χ0v) is 9.66. The van der Waals surface area contributed by atoms with Crippen molar-refractivity contribution >= 4 is 11.8 Å². The highest BCUT2D eigenvalue weighted by molar-refractivity contribution is 8.03. The van der Waals surface area contributed by atoms with Crippen LogP contribution in [0, 0.1) is 11.8 Å². The Morgan fingerprint density at radius 3 is 2.08 bits per heavy atom. The van der Waals surface area contributed by atoms with E-state index in [2.05, 4.69) is 46.4 Å². The summed E-state index contributed by atoms with van der Waals surface area (Å²) in [6.07, 6.45) is 1.32. The average Bonchev–Trinajstić information content (AvgIpc) is 2.31. The Hall–Kier alpha value is 0.0900. The Kier molecular flexibility index (Phi) is 3.28. The molecule has 12 heavy (non-hydrogen) atoms. The van der Waals surface area contributed by atoms with Crippen LogP contribution in [0.3, 0.4) is 0 Å². The summed E-state index contributed by atoms with van der Waals surface area (Å²) in [5, 5.41) is 0.819. The maximum atomic E-state index is 2.34. The number of thioether (sulfide) groups is 1. The first-order valence-electron chi connectivity index (χ1n) is 4.92. The molecule has 0 aromatic carbocycles. The third kappa shape index (κ3) is 2.07. The normalized spacial score (nSPS) is 24.8. The van der Waals surface area contributed by atoms with E-state index in [1.807, 2.05) is 0 Å². The van der Waals surface area contributed by atoms with E-state index in [9.17, 15) is 0 Å². The summed E-state index contributed by atoms with van der Waals surface area (Å²) in [5.41, 5.74) is 1.71. The fourth-order valence-electron chi connectivity index (χ4n) is 1.77. The highest BCUT2D eigenvalue weighted by Crippen LogP contribution is 2.44. The number of rotatable bonds is 2. The lowest BCUT2D eigenvalue weighted by Crippen LogP contribution is -1.98. The Bertz CT molecular complexity index is 169. The standard InChI is InChI=1S/C11H20S/c1-7(2)10-6-9(5)12-11(10)8(3)4/h7-9H,6H2,1-5H3/t9-/m0/s1. The molecule has 0 spiro atoms. The van der Waals surface area contributed by atoms with Gasteiger partial charge in [0.05, 0.1) is 0 Å². The van der Waals surface area contributed by atoms with Gasteiger partial charge in [0, 0.05) is 5.25 Å². The van der Waals surface area contributed by atoms with Crippen LogP contribution in [0.1, 0.15) is 41.0 Å². The molecule has 70 valence electrons. The van der Waals surface area contributed by atoms with Gasteiger partial charge in [0.15, 0.2) is 0 Å². The zero-order valence-electron chi connectivity index (χ0n) is 8.85. The molecule has 0 bridgehead atoms. The first-order valence-corrected chi connectivity index (χ1v) is 5.80. The molecule has 1 aliphatic rings. The molecular formula is C11H20S. The molecule has 0 fully saturated rings. The van der Waals surface area contributed by atoms with Crippen molar-refractivity contribution in [2.45, 2.75) is 46.3 Å². The van der Waals surface area contributed by atoms with Crippen LogP contribution in [-0.4, -0.2) is 5.25 Å². The number of hydrogen-bond acceptors (Lipinski definition) is 1. The summed E-state index contributed by atoms with van der Waals surface area (Å²) in [5.74, 6) is 1.48. The molecule has 0 nitrogen and oxygen atoms in total. The minimum Gasteiger partial charge on any atom is -0.127 e. The van der Waals surface area contributed by atoms with Gasteiger partial charge in [-0.1, -0.05) is 40.2 Å². The fourth-order valence-corrected chi connectivity index (χ4v) is 3.21. The largest absolute Gasteiger partial charge is 0.127 e. The van der Waals surface area contributed by atoms with E-state index in [1.54, 1.807) is 10.5 Å². The molecule has 0 saturated heterocycles. The lowest BCUT2D eigenvalue weighted by molar-refractivity contribution is 0.689. The quantitative estimate of drug-likeness (QED) is 0.623. The van der Waals surface area contributed by atoms with Gasteiger partial charge in [0.25, 0.3) is 0 Å². The summed E-state index contributed by atoms with van der Waals surface area (Å²) < 4.78 is 0. The van der Waals surface area contributed by atoms with Gasteiger partial charge in [0.2, 0.25) is 0 Å². The summed E-state index contributed by atoms with van der Waals surface area (Å²) in [6.45, 7) is 11.6. The van der Waals surface area contributed by atoms with Crippen molar-refractivity contribution in [3.05, 3.63) is 10.5 Å². The summed E-state index contributed by atoms with van der Waals surface area (Å²) in [4.78, 5) is 1.66. The summed E-state index contributed by atoms with van der Waals surface area (Å²) in [7, 11) is 0. The first kappa shape index (κ1) is 10.2. The summed E-state index contributed by atoms with van der Waals surface area (Å²) >= 11 is 2.09. The van der Waals surface area contributed by atoms with Gasteiger partial charge in [-0.05, 0) is 23.2 Å². The van der Waals surface area contributed by atoms with Crippen LogP contribution in [0.4, 0.5) is 0 Å². The lowest BCUT2D eigenvalue weighted by atomic mass is 9.95. The monoisotopic (exact) mass is 184 g/mol. The van der Waals surface area contributed by atoms with Gasteiger partial charge < -0.3 is 0 Å². The molecule has 0 radical (unpaired) electrons. The minimum absolute atomic E-state index is 0.734. The molecule has 0 N–H and O–H groups in total. The van der Waals surface area contributed by atoms with E-state index in [0.29, 0.717) is 0 Å². The van der Waals surface area contributed by atoms with E-state index in [0.717, 1.165) is 17.1 Å². The molecule has 1 heteroatoms. The molecule has 0 unspecified atom stereocenters. The Labute approximate surface area is 80.8 Å². The fraction of sp³-hybridized carbons (Fsp3) is 0.818.